The minimum Gasteiger partial charge on any atom is -0.360 e. The molecule has 0 bridgehead atoms. The first-order valence-corrected chi connectivity index (χ1v) is 7.90. The van der Waals surface area contributed by atoms with E-state index in [-0.39, 0.29) is 12.1 Å². The Hall–Kier alpha value is -2.36. The molecule has 1 saturated carbocycles. The molecular weight excluding hydrogens is 274 g/mol. The number of nitrogens with one attached hydrogen (secondary N) is 2. The molecule has 112 valence electrons. The van der Waals surface area contributed by atoms with Crippen molar-refractivity contribution in [3.8, 4) is 0 Å². The molecule has 1 aromatic heterocycles. The normalized spacial score (nSPS) is 20.5. The van der Waals surface area contributed by atoms with Crippen molar-refractivity contribution < 1.29 is 4.79 Å². The van der Waals surface area contributed by atoms with Crippen LogP contribution in [0.3, 0.4) is 0 Å². The summed E-state index contributed by atoms with van der Waals surface area (Å²) in [6.07, 6.45) is 8.37. The van der Waals surface area contributed by atoms with Crippen LogP contribution in [0.2, 0.25) is 0 Å². The molecule has 1 amide bonds. The van der Waals surface area contributed by atoms with Gasteiger partial charge in [0.05, 0.1) is 17.4 Å². The standard InChI is InChI=1S/C18H19N3O/c22-18-15-7-8-19-11-16(15)20-17(21-18)14-6-2-5-13(10-14)9-12-3-1-4-12/h2,5-8,10-12,17,20H,1,3-4,9H2,(H,21,22). The maximum atomic E-state index is 12.2. The van der Waals surface area contributed by atoms with Crippen molar-refractivity contribution in [2.75, 3.05) is 5.32 Å². The number of benzene rings is 1. The highest BCUT2D eigenvalue weighted by Crippen LogP contribution is 2.31. The van der Waals surface area contributed by atoms with E-state index >= 15 is 0 Å². The van der Waals surface area contributed by atoms with Gasteiger partial charge in [-0.2, -0.15) is 0 Å². The average Bonchev–Trinajstić information content (AvgIpc) is 2.51. The van der Waals surface area contributed by atoms with Crippen molar-refractivity contribution >= 4 is 11.6 Å². The van der Waals surface area contributed by atoms with E-state index in [0.29, 0.717) is 5.56 Å². The van der Waals surface area contributed by atoms with Crippen LogP contribution >= 0.6 is 0 Å². The van der Waals surface area contributed by atoms with E-state index in [1.165, 1.54) is 24.8 Å². The van der Waals surface area contributed by atoms with Gasteiger partial charge in [-0.3, -0.25) is 9.78 Å². The van der Waals surface area contributed by atoms with Gasteiger partial charge in [-0.05, 0) is 29.5 Å². The molecule has 1 unspecified atom stereocenters. The molecule has 0 saturated heterocycles. The van der Waals surface area contributed by atoms with Gasteiger partial charge in [-0.15, -0.1) is 0 Å². The number of hydrogen-bond acceptors (Lipinski definition) is 3. The van der Waals surface area contributed by atoms with Gasteiger partial charge in [0.15, 0.2) is 0 Å². The van der Waals surface area contributed by atoms with Crippen molar-refractivity contribution in [2.24, 2.45) is 5.92 Å². The molecule has 22 heavy (non-hydrogen) atoms. The largest absolute Gasteiger partial charge is 0.360 e. The van der Waals surface area contributed by atoms with Gasteiger partial charge < -0.3 is 10.6 Å². The van der Waals surface area contributed by atoms with E-state index in [2.05, 4.69) is 39.9 Å². The molecular formula is C18H19N3O. The molecule has 2 heterocycles. The third kappa shape index (κ3) is 2.45. The highest BCUT2D eigenvalue weighted by molar-refractivity contribution is 6.01. The van der Waals surface area contributed by atoms with Gasteiger partial charge >= 0.3 is 0 Å². The van der Waals surface area contributed by atoms with Crippen molar-refractivity contribution in [2.45, 2.75) is 31.8 Å². The SMILES string of the molecule is O=C1NC(c2cccc(CC3CCC3)c2)Nc2cnccc21. The van der Waals surface area contributed by atoms with Crippen molar-refractivity contribution in [1.82, 2.24) is 10.3 Å². The maximum absolute atomic E-state index is 12.2. The number of amides is 1. The Bertz CT molecular complexity index is 709. The zero-order valence-electron chi connectivity index (χ0n) is 12.4. The summed E-state index contributed by atoms with van der Waals surface area (Å²) in [5, 5.41) is 6.38. The minimum absolute atomic E-state index is 0.0504. The summed E-state index contributed by atoms with van der Waals surface area (Å²) < 4.78 is 0. The van der Waals surface area contributed by atoms with Crippen molar-refractivity contribution in [3.05, 3.63) is 59.4 Å². The second-order valence-corrected chi connectivity index (χ2v) is 6.22. The number of fused-ring (bicyclic) bond motifs is 1. The van der Waals surface area contributed by atoms with E-state index in [0.717, 1.165) is 23.6 Å². The number of pyridine rings is 1. The van der Waals surface area contributed by atoms with Crippen molar-refractivity contribution in [1.29, 1.82) is 0 Å². The first-order chi connectivity index (χ1) is 10.8. The van der Waals surface area contributed by atoms with Gasteiger partial charge in [0.1, 0.15) is 6.17 Å². The summed E-state index contributed by atoms with van der Waals surface area (Å²) in [6, 6.07) is 10.3. The first-order valence-electron chi connectivity index (χ1n) is 7.90. The monoisotopic (exact) mass is 293 g/mol. The summed E-state index contributed by atoms with van der Waals surface area (Å²) in [6.45, 7) is 0. The number of anilines is 1. The fourth-order valence-electron chi connectivity index (χ4n) is 3.20. The van der Waals surface area contributed by atoms with Crippen LogP contribution in [-0.4, -0.2) is 10.9 Å². The predicted molar refractivity (Wildman–Crippen MR) is 85.6 cm³/mol. The minimum atomic E-state index is -0.189. The Kier molecular flexibility index (Phi) is 3.29. The van der Waals surface area contributed by atoms with Gasteiger partial charge in [0.2, 0.25) is 0 Å². The van der Waals surface area contributed by atoms with Gasteiger partial charge in [-0.1, -0.05) is 43.5 Å². The summed E-state index contributed by atoms with van der Waals surface area (Å²) >= 11 is 0. The molecule has 4 nitrogen and oxygen atoms in total. The Balaban J connectivity index is 1.57. The third-order valence-corrected chi connectivity index (χ3v) is 4.67. The van der Waals surface area contributed by atoms with Crippen LogP contribution < -0.4 is 10.6 Å². The molecule has 0 radical (unpaired) electrons. The number of carbonyl (C=O) groups is 1. The maximum Gasteiger partial charge on any atom is 0.255 e. The quantitative estimate of drug-likeness (QED) is 0.913. The van der Waals surface area contributed by atoms with E-state index in [1.54, 1.807) is 18.5 Å². The van der Waals surface area contributed by atoms with Crippen LogP contribution in [0.25, 0.3) is 0 Å². The Morgan fingerprint density at radius 2 is 2.09 bits per heavy atom. The molecule has 4 heteroatoms. The summed E-state index contributed by atoms with van der Waals surface area (Å²) in [5.74, 6) is 0.791. The second-order valence-electron chi connectivity index (χ2n) is 6.22. The Labute approximate surface area is 130 Å². The molecule has 1 fully saturated rings. The fourth-order valence-corrected chi connectivity index (χ4v) is 3.20. The van der Waals surface area contributed by atoms with Crippen LogP contribution in [-0.2, 0) is 6.42 Å². The summed E-state index contributed by atoms with van der Waals surface area (Å²) in [7, 11) is 0. The topological polar surface area (TPSA) is 54.0 Å². The molecule has 0 spiro atoms. The summed E-state index contributed by atoms with van der Waals surface area (Å²) in [4.78, 5) is 16.3. The molecule has 1 aliphatic carbocycles. The van der Waals surface area contributed by atoms with Crippen LogP contribution in [0.15, 0.2) is 42.7 Å². The lowest BCUT2D eigenvalue weighted by atomic mass is 9.81. The van der Waals surface area contributed by atoms with E-state index in [1.807, 2.05) is 0 Å². The number of nitrogens with zero attached hydrogens (tertiary/aromatic N) is 1. The fraction of sp³-hybridized carbons (Fsp3) is 0.333. The highest BCUT2D eigenvalue weighted by Gasteiger charge is 2.25. The second kappa shape index (κ2) is 5.44. The lowest BCUT2D eigenvalue weighted by molar-refractivity contribution is 0.0935. The van der Waals surface area contributed by atoms with Gasteiger partial charge in [-0.25, -0.2) is 0 Å². The smallest absolute Gasteiger partial charge is 0.255 e. The average molecular weight is 293 g/mol. The van der Waals surface area contributed by atoms with Gasteiger partial charge in [0.25, 0.3) is 5.91 Å². The predicted octanol–water partition coefficient (Wildman–Crippen LogP) is 3.28. The van der Waals surface area contributed by atoms with Crippen LogP contribution in [0.1, 0.15) is 46.9 Å². The molecule has 1 aliphatic heterocycles. The number of rotatable bonds is 3. The Morgan fingerprint density at radius 3 is 2.91 bits per heavy atom. The van der Waals surface area contributed by atoms with Crippen LogP contribution in [0.5, 0.6) is 0 Å². The molecule has 2 aliphatic rings. The summed E-state index contributed by atoms with van der Waals surface area (Å²) in [5.41, 5.74) is 3.90. The number of carbonyl (C=O) groups excluding carboxylic acids is 1. The van der Waals surface area contributed by atoms with Gasteiger partial charge in [0, 0.05) is 6.20 Å². The van der Waals surface area contributed by atoms with Crippen LogP contribution in [0.4, 0.5) is 5.69 Å². The Morgan fingerprint density at radius 1 is 1.18 bits per heavy atom. The molecule has 1 aromatic carbocycles. The zero-order chi connectivity index (χ0) is 14.9. The van der Waals surface area contributed by atoms with Crippen LogP contribution in [0, 0.1) is 5.92 Å². The number of hydrogen-bond donors (Lipinski definition) is 2. The molecule has 4 rings (SSSR count). The first kappa shape index (κ1) is 13.3. The van der Waals surface area contributed by atoms with E-state index in [4.69, 9.17) is 0 Å². The molecule has 2 N–H and O–H groups in total. The molecule has 2 aromatic rings. The van der Waals surface area contributed by atoms with Crippen molar-refractivity contribution in [3.63, 3.8) is 0 Å². The van der Waals surface area contributed by atoms with E-state index in [9.17, 15) is 4.79 Å². The van der Waals surface area contributed by atoms with E-state index < -0.39 is 0 Å². The lowest BCUT2D eigenvalue weighted by Crippen LogP contribution is -2.38. The lowest BCUT2D eigenvalue weighted by Gasteiger charge is -2.29. The highest BCUT2D eigenvalue weighted by atomic mass is 16.2. The zero-order valence-corrected chi connectivity index (χ0v) is 12.4. The third-order valence-electron chi connectivity index (χ3n) is 4.67. The molecule has 1 atom stereocenters. The number of aromatic nitrogens is 1.